The molecule has 0 saturated carbocycles. The van der Waals surface area contributed by atoms with E-state index in [2.05, 4.69) is 15.3 Å². The largest absolute Gasteiger partial charge is 0.410 e. The van der Waals surface area contributed by atoms with Gasteiger partial charge in [0, 0.05) is 0 Å². The van der Waals surface area contributed by atoms with E-state index in [4.69, 9.17) is 10.5 Å². The van der Waals surface area contributed by atoms with Gasteiger partial charge in [-0.15, -0.1) is 0 Å². The van der Waals surface area contributed by atoms with Gasteiger partial charge in [-0.05, 0) is 31.5 Å². The molecule has 94 valence electrons. The number of rotatable bonds is 2. The highest BCUT2D eigenvalue weighted by Crippen LogP contribution is 2.28. The van der Waals surface area contributed by atoms with Crippen LogP contribution in [-0.4, -0.2) is 22.6 Å². The van der Waals surface area contributed by atoms with Crippen molar-refractivity contribution >= 4 is 17.1 Å². The Morgan fingerprint density at radius 1 is 1.50 bits per heavy atom. The zero-order valence-corrected chi connectivity index (χ0v) is 9.77. The molecule has 0 spiro atoms. The number of hydrogen-bond donors (Lipinski definition) is 3. The first-order valence-corrected chi connectivity index (χ1v) is 5.93. The van der Waals surface area contributed by atoms with Gasteiger partial charge in [-0.3, -0.25) is 0 Å². The van der Waals surface area contributed by atoms with Crippen LogP contribution in [0, 0.1) is 0 Å². The molecule has 1 unspecified atom stereocenters. The molecular weight excluding hydrogens is 232 g/mol. The quantitative estimate of drug-likeness (QED) is 0.747. The summed E-state index contributed by atoms with van der Waals surface area (Å²) in [5.74, 6) is 1.27. The summed E-state index contributed by atoms with van der Waals surface area (Å²) in [5.41, 5.74) is 6.52. The summed E-state index contributed by atoms with van der Waals surface area (Å²) in [4.78, 5) is 18.6. The van der Waals surface area contributed by atoms with Crippen molar-refractivity contribution in [2.75, 3.05) is 6.54 Å². The first kappa shape index (κ1) is 11.0. The number of benzene rings is 1. The predicted molar refractivity (Wildman–Crippen MR) is 66.3 cm³/mol. The maximum absolute atomic E-state index is 10.8. The van der Waals surface area contributed by atoms with Crippen molar-refractivity contribution in [1.82, 2.24) is 15.3 Å². The Morgan fingerprint density at radius 2 is 2.39 bits per heavy atom. The predicted octanol–water partition coefficient (Wildman–Crippen LogP) is 1.44. The number of H-pyrrole nitrogens is 1. The number of amides is 1. The number of hydrogen-bond acceptors (Lipinski definition) is 4. The van der Waals surface area contributed by atoms with Gasteiger partial charge >= 0.3 is 6.09 Å². The molecule has 0 aliphatic carbocycles. The third-order valence-electron chi connectivity index (χ3n) is 3.09. The fourth-order valence-electron chi connectivity index (χ4n) is 2.30. The van der Waals surface area contributed by atoms with E-state index in [9.17, 15) is 4.79 Å². The van der Waals surface area contributed by atoms with Crippen LogP contribution in [0.5, 0.6) is 5.75 Å². The number of nitrogens with one attached hydrogen (secondary N) is 2. The fourth-order valence-corrected chi connectivity index (χ4v) is 2.30. The van der Waals surface area contributed by atoms with Crippen molar-refractivity contribution < 1.29 is 9.53 Å². The summed E-state index contributed by atoms with van der Waals surface area (Å²) in [5, 5.41) is 3.37. The highest BCUT2D eigenvalue weighted by Gasteiger charge is 2.20. The van der Waals surface area contributed by atoms with E-state index in [-0.39, 0.29) is 6.04 Å². The summed E-state index contributed by atoms with van der Waals surface area (Å²) in [7, 11) is 0. The molecule has 1 atom stereocenters. The maximum atomic E-state index is 10.8. The second kappa shape index (κ2) is 4.30. The molecule has 18 heavy (non-hydrogen) atoms. The second-order valence-electron chi connectivity index (χ2n) is 4.34. The van der Waals surface area contributed by atoms with Gasteiger partial charge in [-0.25, -0.2) is 9.78 Å². The Morgan fingerprint density at radius 3 is 3.11 bits per heavy atom. The third-order valence-corrected chi connectivity index (χ3v) is 3.09. The molecule has 0 bridgehead atoms. The molecule has 1 aromatic heterocycles. The molecule has 1 aliphatic heterocycles. The third kappa shape index (κ3) is 1.91. The van der Waals surface area contributed by atoms with Crippen molar-refractivity contribution in [1.29, 1.82) is 0 Å². The molecule has 1 saturated heterocycles. The van der Waals surface area contributed by atoms with Gasteiger partial charge in [-0.2, -0.15) is 0 Å². The summed E-state index contributed by atoms with van der Waals surface area (Å²) >= 11 is 0. The minimum atomic E-state index is -0.828. The molecule has 2 heterocycles. The average Bonchev–Trinajstić information content (AvgIpc) is 2.97. The smallest absolute Gasteiger partial charge is 0.408 e. The van der Waals surface area contributed by atoms with E-state index in [0.29, 0.717) is 11.3 Å². The number of aromatic amines is 1. The highest BCUT2D eigenvalue weighted by molar-refractivity contribution is 5.84. The maximum Gasteiger partial charge on any atom is 0.410 e. The summed E-state index contributed by atoms with van der Waals surface area (Å²) in [6.45, 7) is 1.01. The zero-order valence-electron chi connectivity index (χ0n) is 9.77. The van der Waals surface area contributed by atoms with Crippen LogP contribution < -0.4 is 15.8 Å². The number of para-hydroxylation sites is 1. The Bertz CT molecular complexity index is 587. The monoisotopic (exact) mass is 246 g/mol. The van der Waals surface area contributed by atoms with Gasteiger partial charge in [0.05, 0.1) is 11.6 Å². The van der Waals surface area contributed by atoms with Crippen LogP contribution in [0.25, 0.3) is 11.0 Å². The molecule has 3 rings (SSSR count). The van der Waals surface area contributed by atoms with Crippen LogP contribution in [0.1, 0.15) is 24.7 Å². The normalized spacial score (nSPS) is 19.2. The lowest BCUT2D eigenvalue weighted by atomic mass is 10.2. The first-order chi connectivity index (χ1) is 8.74. The van der Waals surface area contributed by atoms with Crippen molar-refractivity contribution in [2.45, 2.75) is 18.9 Å². The number of carbonyl (C=O) groups excluding carboxylic acids is 1. The first-order valence-electron chi connectivity index (χ1n) is 5.93. The molecule has 6 nitrogen and oxygen atoms in total. The van der Waals surface area contributed by atoms with Gasteiger partial charge in [-0.1, -0.05) is 6.07 Å². The van der Waals surface area contributed by atoms with Gasteiger partial charge in [0.1, 0.15) is 11.3 Å². The molecule has 1 fully saturated rings. The average molecular weight is 246 g/mol. The molecule has 1 aliphatic rings. The molecule has 1 amide bonds. The molecule has 2 aromatic rings. The van der Waals surface area contributed by atoms with Crippen molar-refractivity contribution in [3.8, 4) is 5.75 Å². The minimum Gasteiger partial charge on any atom is -0.408 e. The Labute approximate surface area is 104 Å². The Balaban J connectivity index is 2.02. The fraction of sp³-hybridized carbons (Fsp3) is 0.333. The number of nitrogens with zero attached hydrogens (tertiary/aromatic N) is 1. The zero-order chi connectivity index (χ0) is 12.5. The van der Waals surface area contributed by atoms with Gasteiger partial charge in [0.25, 0.3) is 0 Å². The van der Waals surface area contributed by atoms with Gasteiger partial charge in [0.2, 0.25) is 0 Å². The van der Waals surface area contributed by atoms with Crippen LogP contribution in [0.15, 0.2) is 18.2 Å². The molecule has 4 N–H and O–H groups in total. The number of fused-ring (bicyclic) bond motifs is 1. The number of ether oxygens (including phenoxy) is 1. The van der Waals surface area contributed by atoms with Crippen molar-refractivity contribution in [2.24, 2.45) is 5.73 Å². The van der Waals surface area contributed by atoms with Crippen LogP contribution >= 0.6 is 0 Å². The number of aromatic nitrogens is 2. The second-order valence-corrected chi connectivity index (χ2v) is 4.34. The number of primary amides is 1. The molecular formula is C12H14N4O2. The van der Waals surface area contributed by atoms with E-state index in [1.54, 1.807) is 12.1 Å². The molecule has 0 radical (unpaired) electrons. The lowest BCUT2D eigenvalue weighted by molar-refractivity contribution is 0.211. The van der Waals surface area contributed by atoms with Crippen molar-refractivity contribution in [3.63, 3.8) is 0 Å². The standard InChI is InChI=1S/C12H14N4O2/c13-12(17)18-9-5-1-3-7-10(9)16-11(15-7)8-4-2-6-14-8/h1,3,5,8,14H,2,4,6H2,(H2,13,17)(H,15,16). The Hall–Kier alpha value is -2.08. The van der Waals surface area contributed by atoms with Crippen molar-refractivity contribution in [3.05, 3.63) is 24.0 Å². The van der Waals surface area contributed by atoms with Crippen LogP contribution in [-0.2, 0) is 0 Å². The van der Waals surface area contributed by atoms with E-state index in [0.717, 1.165) is 30.7 Å². The topological polar surface area (TPSA) is 93.0 Å². The summed E-state index contributed by atoms with van der Waals surface area (Å²) < 4.78 is 4.94. The van der Waals surface area contributed by atoms with Gasteiger partial charge in [0.15, 0.2) is 5.75 Å². The summed E-state index contributed by atoms with van der Waals surface area (Å²) in [6.07, 6.45) is 1.38. The molecule has 1 aromatic carbocycles. The number of imidazole rings is 1. The van der Waals surface area contributed by atoms with E-state index < -0.39 is 6.09 Å². The minimum absolute atomic E-state index is 0.249. The lowest BCUT2D eigenvalue weighted by Gasteiger charge is -2.04. The molecule has 6 heteroatoms. The van der Waals surface area contributed by atoms with Gasteiger partial charge < -0.3 is 20.8 Å². The highest BCUT2D eigenvalue weighted by atomic mass is 16.5. The van der Waals surface area contributed by atoms with Crippen LogP contribution in [0.2, 0.25) is 0 Å². The van der Waals surface area contributed by atoms with Crippen LogP contribution in [0.3, 0.4) is 0 Å². The number of nitrogens with two attached hydrogens (primary N) is 1. The van der Waals surface area contributed by atoms with E-state index >= 15 is 0 Å². The number of carbonyl (C=O) groups is 1. The van der Waals surface area contributed by atoms with E-state index in [1.807, 2.05) is 6.07 Å². The van der Waals surface area contributed by atoms with E-state index in [1.165, 1.54) is 0 Å². The lowest BCUT2D eigenvalue weighted by Crippen LogP contribution is -2.16. The van der Waals surface area contributed by atoms with Crippen LogP contribution in [0.4, 0.5) is 4.79 Å². The SMILES string of the molecule is NC(=O)Oc1cccc2[nH]c(C3CCCN3)nc12. The Kier molecular flexibility index (Phi) is 2.64. The summed E-state index contributed by atoms with van der Waals surface area (Å²) in [6, 6.07) is 5.62.